The van der Waals surface area contributed by atoms with Crippen LogP contribution in [0.5, 0.6) is 0 Å². The van der Waals surface area contributed by atoms with E-state index in [9.17, 15) is 4.79 Å². The van der Waals surface area contributed by atoms with Gasteiger partial charge in [0.2, 0.25) is 0 Å². The molecule has 19 heavy (non-hydrogen) atoms. The van der Waals surface area contributed by atoms with Gasteiger partial charge >= 0.3 is 0 Å². The highest BCUT2D eigenvalue weighted by Gasteiger charge is 2.06. The molecule has 0 aliphatic carbocycles. The summed E-state index contributed by atoms with van der Waals surface area (Å²) in [6.45, 7) is 2.92. The second-order valence-corrected chi connectivity index (χ2v) is 4.87. The highest BCUT2D eigenvalue weighted by molar-refractivity contribution is 5.95. The summed E-state index contributed by atoms with van der Waals surface area (Å²) in [5, 5.41) is 2.90. The molecule has 4 nitrogen and oxygen atoms in total. The van der Waals surface area contributed by atoms with Crippen LogP contribution < -0.4 is 16.8 Å². The fraction of sp³-hybridized carbons (Fsp3) is 0.533. The summed E-state index contributed by atoms with van der Waals surface area (Å²) >= 11 is 0. The highest BCUT2D eigenvalue weighted by atomic mass is 16.1. The lowest BCUT2D eigenvalue weighted by atomic mass is 10.1. The number of nitrogen functional groups attached to an aromatic ring is 2. The molecular formula is C15H25N3O. The molecule has 0 aliphatic heterocycles. The number of hydrogen-bond acceptors (Lipinski definition) is 3. The molecular weight excluding hydrogens is 238 g/mol. The topological polar surface area (TPSA) is 81.1 Å². The fourth-order valence-corrected chi connectivity index (χ4v) is 1.93. The first-order chi connectivity index (χ1) is 9.15. The molecule has 4 heteroatoms. The first-order valence-corrected chi connectivity index (χ1v) is 7.08. The zero-order chi connectivity index (χ0) is 14.1. The zero-order valence-electron chi connectivity index (χ0n) is 11.7. The molecule has 0 saturated heterocycles. The standard InChI is InChI=1S/C15H25N3O/c1-2-3-4-5-6-7-10-18-15(19)12-8-9-13(16)14(17)11-12/h8-9,11H,2-7,10,16-17H2,1H3,(H,18,19). The molecule has 106 valence electrons. The van der Waals surface area contributed by atoms with Crippen LogP contribution in [0.25, 0.3) is 0 Å². The number of unbranched alkanes of at least 4 members (excludes halogenated alkanes) is 5. The van der Waals surface area contributed by atoms with Crippen molar-refractivity contribution in [3.8, 4) is 0 Å². The SMILES string of the molecule is CCCCCCCCNC(=O)c1ccc(N)c(N)c1. The number of anilines is 2. The maximum absolute atomic E-state index is 11.8. The van der Waals surface area contributed by atoms with Crippen LogP contribution in [0.4, 0.5) is 11.4 Å². The Kier molecular flexibility index (Phi) is 6.79. The minimum Gasteiger partial charge on any atom is -0.397 e. The van der Waals surface area contributed by atoms with E-state index >= 15 is 0 Å². The molecule has 1 aromatic carbocycles. The number of benzene rings is 1. The quantitative estimate of drug-likeness (QED) is 0.498. The molecule has 1 amide bonds. The third-order valence-corrected chi connectivity index (χ3v) is 3.16. The van der Waals surface area contributed by atoms with Crippen LogP contribution in [0.2, 0.25) is 0 Å². The van der Waals surface area contributed by atoms with E-state index in [0.29, 0.717) is 16.9 Å². The van der Waals surface area contributed by atoms with Gasteiger partial charge in [0.1, 0.15) is 0 Å². The van der Waals surface area contributed by atoms with Crippen molar-refractivity contribution in [1.29, 1.82) is 0 Å². The second-order valence-electron chi connectivity index (χ2n) is 4.87. The molecule has 0 heterocycles. The molecule has 1 aromatic rings. The Morgan fingerprint density at radius 2 is 1.74 bits per heavy atom. The minimum atomic E-state index is -0.0831. The van der Waals surface area contributed by atoms with E-state index in [2.05, 4.69) is 12.2 Å². The Hall–Kier alpha value is -1.71. The van der Waals surface area contributed by atoms with Crippen molar-refractivity contribution in [3.05, 3.63) is 23.8 Å². The summed E-state index contributed by atoms with van der Waals surface area (Å²) in [5.41, 5.74) is 12.8. The molecule has 0 aromatic heterocycles. The van der Waals surface area contributed by atoms with Gasteiger partial charge in [-0.2, -0.15) is 0 Å². The van der Waals surface area contributed by atoms with Crippen LogP contribution in [-0.2, 0) is 0 Å². The smallest absolute Gasteiger partial charge is 0.251 e. The van der Waals surface area contributed by atoms with Gasteiger partial charge in [-0.1, -0.05) is 39.0 Å². The maximum atomic E-state index is 11.8. The Morgan fingerprint density at radius 3 is 2.42 bits per heavy atom. The van der Waals surface area contributed by atoms with Crippen molar-refractivity contribution in [2.24, 2.45) is 0 Å². The average molecular weight is 263 g/mol. The van der Waals surface area contributed by atoms with Gasteiger partial charge in [-0.15, -0.1) is 0 Å². The van der Waals surface area contributed by atoms with E-state index in [1.54, 1.807) is 18.2 Å². The summed E-state index contributed by atoms with van der Waals surface area (Å²) in [5.74, 6) is -0.0831. The molecule has 5 N–H and O–H groups in total. The fourth-order valence-electron chi connectivity index (χ4n) is 1.93. The molecule has 0 bridgehead atoms. The minimum absolute atomic E-state index is 0.0831. The van der Waals surface area contributed by atoms with E-state index in [1.165, 1.54) is 32.1 Å². The van der Waals surface area contributed by atoms with Crippen LogP contribution in [0.3, 0.4) is 0 Å². The third kappa shape index (κ3) is 5.64. The Balaban J connectivity index is 2.22. The number of nitrogens with one attached hydrogen (secondary N) is 1. The van der Waals surface area contributed by atoms with E-state index < -0.39 is 0 Å². The summed E-state index contributed by atoms with van der Waals surface area (Å²) in [6, 6.07) is 4.98. The summed E-state index contributed by atoms with van der Waals surface area (Å²) in [4.78, 5) is 11.8. The predicted molar refractivity (Wildman–Crippen MR) is 81.0 cm³/mol. The molecule has 0 fully saturated rings. The highest BCUT2D eigenvalue weighted by Crippen LogP contribution is 2.15. The third-order valence-electron chi connectivity index (χ3n) is 3.16. The molecule has 0 atom stereocenters. The van der Waals surface area contributed by atoms with E-state index in [4.69, 9.17) is 11.5 Å². The zero-order valence-corrected chi connectivity index (χ0v) is 11.7. The second kappa shape index (κ2) is 8.40. The van der Waals surface area contributed by atoms with E-state index in [1.807, 2.05) is 0 Å². The van der Waals surface area contributed by atoms with Gasteiger partial charge in [-0.3, -0.25) is 4.79 Å². The van der Waals surface area contributed by atoms with E-state index in [-0.39, 0.29) is 5.91 Å². The van der Waals surface area contributed by atoms with Crippen molar-refractivity contribution in [2.75, 3.05) is 18.0 Å². The molecule has 0 aliphatic rings. The van der Waals surface area contributed by atoms with Gasteiger partial charge < -0.3 is 16.8 Å². The van der Waals surface area contributed by atoms with Crippen LogP contribution in [-0.4, -0.2) is 12.5 Å². The number of carbonyl (C=O) groups excluding carboxylic acids is 1. The van der Waals surface area contributed by atoms with Gasteiger partial charge in [0.25, 0.3) is 5.91 Å². The first-order valence-electron chi connectivity index (χ1n) is 7.08. The summed E-state index contributed by atoms with van der Waals surface area (Å²) in [7, 11) is 0. The Morgan fingerprint density at radius 1 is 1.05 bits per heavy atom. The Bertz CT molecular complexity index is 404. The predicted octanol–water partition coefficient (Wildman–Crippen LogP) is 2.94. The summed E-state index contributed by atoms with van der Waals surface area (Å²) in [6.07, 6.45) is 7.30. The normalized spacial score (nSPS) is 10.4. The van der Waals surface area contributed by atoms with Gasteiger partial charge in [0.05, 0.1) is 11.4 Å². The van der Waals surface area contributed by atoms with Gasteiger partial charge in [0, 0.05) is 12.1 Å². The number of rotatable bonds is 8. The van der Waals surface area contributed by atoms with E-state index in [0.717, 1.165) is 13.0 Å². The van der Waals surface area contributed by atoms with Gasteiger partial charge in [-0.05, 0) is 24.6 Å². The van der Waals surface area contributed by atoms with Crippen LogP contribution in [0, 0.1) is 0 Å². The largest absolute Gasteiger partial charge is 0.397 e. The summed E-state index contributed by atoms with van der Waals surface area (Å²) < 4.78 is 0. The number of carbonyl (C=O) groups is 1. The molecule has 0 spiro atoms. The van der Waals surface area contributed by atoms with Crippen molar-refractivity contribution in [2.45, 2.75) is 45.4 Å². The van der Waals surface area contributed by atoms with Crippen molar-refractivity contribution >= 4 is 17.3 Å². The molecule has 0 radical (unpaired) electrons. The first kappa shape index (κ1) is 15.3. The number of hydrogen-bond donors (Lipinski definition) is 3. The maximum Gasteiger partial charge on any atom is 0.251 e. The van der Waals surface area contributed by atoms with Crippen molar-refractivity contribution < 1.29 is 4.79 Å². The number of amides is 1. The Labute approximate surface area is 115 Å². The lowest BCUT2D eigenvalue weighted by Crippen LogP contribution is -2.24. The average Bonchev–Trinajstić information content (AvgIpc) is 2.40. The monoisotopic (exact) mass is 263 g/mol. The van der Waals surface area contributed by atoms with Crippen LogP contribution >= 0.6 is 0 Å². The van der Waals surface area contributed by atoms with Gasteiger partial charge in [-0.25, -0.2) is 0 Å². The number of nitrogens with two attached hydrogens (primary N) is 2. The lowest BCUT2D eigenvalue weighted by Gasteiger charge is -2.07. The van der Waals surface area contributed by atoms with Crippen LogP contribution in [0.1, 0.15) is 55.8 Å². The molecule has 0 saturated carbocycles. The lowest BCUT2D eigenvalue weighted by molar-refractivity contribution is 0.0953. The van der Waals surface area contributed by atoms with Gasteiger partial charge in [0.15, 0.2) is 0 Å². The van der Waals surface area contributed by atoms with Crippen molar-refractivity contribution in [1.82, 2.24) is 5.32 Å². The molecule has 1 rings (SSSR count). The molecule has 0 unspecified atom stereocenters. The van der Waals surface area contributed by atoms with Crippen LogP contribution in [0.15, 0.2) is 18.2 Å². The van der Waals surface area contributed by atoms with Crippen molar-refractivity contribution in [3.63, 3.8) is 0 Å².